The third-order valence-electron chi connectivity index (χ3n) is 8.39. The zero-order chi connectivity index (χ0) is 34.5. The van der Waals surface area contributed by atoms with Crippen LogP contribution in [0.3, 0.4) is 0 Å². The molecular weight excluding hydrogens is 631 g/mol. The van der Waals surface area contributed by atoms with Crippen LogP contribution in [-0.2, 0) is 22.6 Å². The number of rotatable bonds is 11. The van der Waals surface area contributed by atoms with Crippen molar-refractivity contribution < 1.29 is 41.3 Å². The van der Waals surface area contributed by atoms with E-state index >= 15 is 0 Å². The Labute approximate surface area is 275 Å². The molecule has 5 rings (SSSR count). The highest BCUT2D eigenvalue weighted by atomic mass is 19.2. The number of likely N-dealkylation sites (N-methyl/N-ethyl adjacent to an activating group) is 1. The lowest BCUT2D eigenvalue weighted by Crippen LogP contribution is -2.43. The van der Waals surface area contributed by atoms with Crippen LogP contribution in [-0.4, -0.2) is 42.2 Å². The molecule has 0 spiro atoms. The van der Waals surface area contributed by atoms with Gasteiger partial charge in [0, 0.05) is 31.1 Å². The van der Waals surface area contributed by atoms with Crippen LogP contribution in [0.15, 0.2) is 85.5 Å². The molecule has 1 aliphatic heterocycles. The van der Waals surface area contributed by atoms with Gasteiger partial charge in [-0.1, -0.05) is 79.7 Å². The maximum absolute atomic E-state index is 14.1. The molecule has 1 heterocycles. The SMILES string of the molecule is C=CCN(C)CC1OC(c2ccc(-c3cccc(CNC(=O)c4c(F)c(F)c(F)c(F)c4F)c3)cc2)OC(c2ccc(CO)cc2)C1C. The van der Waals surface area contributed by atoms with Crippen LogP contribution in [0.25, 0.3) is 11.1 Å². The first-order valence-corrected chi connectivity index (χ1v) is 15.3. The lowest BCUT2D eigenvalue weighted by Gasteiger charge is -2.42. The Hall–Kier alpha value is -4.42. The Morgan fingerprint density at radius 2 is 1.48 bits per heavy atom. The number of carbonyl (C=O) groups is 1. The summed E-state index contributed by atoms with van der Waals surface area (Å²) in [5.74, 6) is -12.5. The predicted molar refractivity (Wildman–Crippen MR) is 170 cm³/mol. The number of hydrogen-bond donors (Lipinski definition) is 2. The van der Waals surface area contributed by atoms with Crippen molar-refractivity contribution in [2.24, 2.45) is 5.92 Å². The summed E-state index contributed by atoms with van der Waals surface area (Å²) in [6, 6.07) is 22.2. The van der Waals surface area contributed by atoms with Gasteiger partial charge in [0.1, 0.15) is 5.56 Å². The molecule has 11 heteroatoms. The highest BCUT2D eigenvalue weighted by molar-refractivity contribution is 5.94. The highest BCUT2D eigenvalue weighted by Gasteiger charge is 2.38. The van der Waals surface area contributed by atoms with Gasteiger partial charge in [-0.25, -0.2) is 22.0 Å². The maximum Gasteiger partial charge on any atom is 0.257 e. The number of hydrogen-bond acceptors (Lipinski definition) is 5. The minimum atomic E-state index is -2.33. The third kappa shape index (κ3) is 7.50. The molecule has 0 saturated carbocycles. The molecule has 4 aromatic carbocycles. The number of halogens is 5. The van der Waals surface area contributed by atoms with E-state index < -0.39 is 46.8 Å². The van der Waals surface area contributed by atoms with Crippen LogP contribution in [0.2, 0.25) is 0 Å². The van der Waals surface area contributed by atoms with Crippen LogP contribution in [0.4, 0.5) is 22.0 Å². The Bertz CT molecular complexity index is 1740. The first-order chi connectivity index (χ1) is 23.0. The van der Waals surface area contributed by atoms with E-state index in [0.29, 0.717) is 18.7 Å². The van der Waals surface area contributed by atoms with Gasteiger partial charge in [-0.05, 0) is 40.9 Å². The topological polar surface area (TPSA) is 71.0 Å². The van der Waals surface area contributed by atoms with Gasteiger partial charge in [-0.15, -0.1) is 6.58 Å². The summed E-state index contributed by atoms with van der Waals surface area (Å²) in [5.41, 5.74) is 3.14. The quantitative estimate of drug-likeness (QED) is 0.0757. The van der Waals surface area contributed by atoms with Gasteiger partial charge >= 0.3 is 0 Å². The first kappa shape index (κ1) is 34.9. The van der Waals surface area contributed by atoms with Gasteiger partial charge in [0.05, 0.1) is 18.8 Å². The highest BCUT2D eigenvalue weighted by Crippen LogP contribution is 2.42. The summed E-state index contributed by atoms with van der Waals surface area (Å²) in [5, 5.41) is 11.7. The van der Waals surface area contributed by atoms with E-state index in [1.54, 1.807) is 18.2 Å². The number of aliphatic hydroxyl groups is 1. The lowest BCUT2D eigenvalue weighted by molar-refractivity contribution is -0.275. The van der Waals surface area contributed by atoms with Gasteiger partial charge in [-0.3, -0.25) is 4.79 Å². The summed E-state index contributed by atoms with van der Waals surface area (Å²) < 4.78 is 81.7. The van der Waals surface area contributed by atoms with Gasteiger partial charge < -0.3 is 24.8 Å². The van der Waals surface area contributed by atoms with Crippen molar-refractivity contribution in [3.63, 3.8) is 0 Å². The fraction of sp³-hybridized carbons (Fsp3) is 0.270. The van der Waals surface area contributed by atoms with Gasteiger partial charge in [0.2, 0.25) is 5.82 Å². The standard InChI is InChI=1S/C37H35F5N2O4/c1-4-16-44(3)19-28-21(2)35(25-10-8-22(20-45)9-11-25)48-37(47-28)26-14-12-24(13-15-26)27-7-5-6-23(17-27)18-43-36(46)29-30(38)32(40)34(42)33(41)31(29)39/h4-15,17,21,28,35,37,45H,1,16,18-20H2,2-3H3,(H,43,46). The second-order valence-electron chi connectivity index (χ2n) is 11.8. The Morgan fingerprint density at radius 1 is 0.854 bits per heavy atom. The summed E-state index contributed by atoms with van der Waals surface area (Å²) >= 11 is 0. The largest absolute Gasteiger partial charge is 0.392 e. The maximum atomic E-state index is 14.1. The molecule has 0 bridgehead atoms. The molecule has 4 aromatic rings. The summed E-state index contributed by atoms with van der Waals surface area (Å²) in [6.07, 6.45) is 0.743. The monoisotopic (exact) mass is 666 g/mol. The molecule has 6 nitrogen and oxygen atoms in total. The number of nitrogens with zero attached hydrogens (tertiary/aromatic N) is 1. The molecule has 1 amide bonds. The van der Waals surface area contributed by atoms with E-state index in [0.717, 1.165) is 27.8 Å². The van der Waals surface area contributed by atoms with E-state index in [2.05, 4.69) is 23.7 Å². The van der Waals surface area contributed by atoms with Crippen molar-refractivity contribution in [2.75, 3.05) is 20.1 Å². The summed E-state index contributed by atoms with van der Waals surface area (Å²) in [7, 11) is 2.00. The van der Waals surface area contributed by atoms with Gasteiger partial charge in [0.25, 0.3) is 5.91 Å². The molecule has 0 radical (unpaired) electrons. The average molecular weight is 667 g/mol. The second-order valence-corrected chi connectivity index (χ2v) is 11.8. The molecule has 2 N–H and O–H groups in total. The fourth-order valence-electron chi connectivity index (χ4n) is 5.70. The van der Waals surface area contributed by atoms with Crippen LogP contribution < -0.4 is 5.32 Å². The molecule has 252 valence electrons. The predicted octanol–water partition coefficient (Wildman–Crippen LogP) is 7.38. The van der Waals surface area contributed by atoms with Crippen LogP contribution in [0.1, 0.15) is 51.9 Å². The van der Waals surface area contributed by atoms with Crippen molar-refractivity contribution in [3.8, 4) is 11.1 Å². The molecule has 1 aliphatic rings. The molecule has 4 atom stereocenters. The normalized spacial score (nSPS) is 19.4. The average Bonchev–Trinajstić information content (AvgIpc) is 3.10. The van der Waals surface area contributed by atoms with Crippen LogP contribution >= 0.6 is 0 Å². The van der Waals surface area contributed by atoms with Crippen molar-refractivity contribution in [1.29, 1.82) is 0 Å². The van der Waals surface area contributed by atoms with Crippen molar-refractivity contribution in [1.82, 2.24) is 10.2 Å². The zero-order valence-electron chi connectivity index (χ0n) is 26.4. The van der Waals surface area contributed by atoms with Gasteiger partial charge in [0.15, 0.2) is 29.6 Å². The Kier molecular flexibility index (Phi) is 11.1. The molecule has 1 saturated heterocycles. The van der Waals surface area contributed by atoms with Crippen LogP contribution in [0, 0.1) is 35.0 Å². The van der Waals surface area contributed by atoms with E-state index in [9.17, 15) is 31.9 Å². The summed E-state index contributed by atoms with van der Waals surface area (Å²) in [4.78, 5) is 14.5. The van der Waals surface area contributed by atoms with Gasteiger partial charge in [-0.2, -0.15) is 0 Å². The van der Waals surface area contributed by atoms with E-state index in [1.165, 1.54) is 0 Å². The lowest BCUT2D eigenvalue weighted by atomic mass is 9.90. The van der Waals surface area contributed by atoms with Crippen molar-refractivity contribution in [3.05, 3.63) is 142 Å². The van der Waals surface area contributed by atoms with Crippen molar-refractivity contribution in [2.45, 2.75) is 38.6 Å². The zero-order valence-corrected chi connectivity index (χ0v) is 26.4. The minimum Gasteiger partial charge on any atom is -0.392 e. The number of nitrogens with one attached hydrogen (secondary N) is 1. The molecule has 0 aromatic heterocycles. The van der Waals surface area contributed by atoms with Crippen molar-refractivity contribution >= 4 is 5.91 Å². The minimum absolute atomic E-state index is 0.0186. The Morgan fingerprint density at radius 3 is 2.10 bits per heavy atom. The Balaban J connectivity index is 1.32. The summed E-state index contributed by atoms with van der Waals surface area (Å²) in [6.45, 7) is 7.00. The fourth-order valence-corrected chi connectivity index (χ4v) is 5.70. The van der Waals surface area contributed by atoms with E-state index in [4.69, 9.17) is 9.47 Å². The molecular formula is C37H35F5N2O4. The second kappa shape index (κ2) is 15.2. The number of aliphatic hydroxyl groups excluding tert-OH is 1. The number of carbonyl (C=O) groups excluding carboxylic acids is 1. The smallest absolute Gasteiger partial charge is 0.257 e. The number of amides is 1. The number of ether oxygens (including phenoxy) is 2. The molecule has 4 unspecified atom stereocenters. The molecule has 1 fully saturated rings. The molecule has 48 heavy (non-hydrogen) atoms. The van der Waals surface area contributed by atoms with E-state index in [-0.39, 0.29) is 31.3 Å². The molecule has 0 aliphatic carbocycles. The first-order valence-electron chi connectivity index (χ1n) is 15.3. The number of benzene rings is 4. The third-order valence-corrected chi connectivity index (χ3v) is 8.39. The van der Waals surface area contributed by atoms with E-state index in [1.807, 2.05) is 67.7 Å². The van der Waals surface area contributed by atoms with Crippen LogP contribution in [0.5, 0.6) is 0 Å².